The summed E-state index contributed by atoms with van der Waals surface area (Å²) in [5.74, 6) is 0. The Morgan fingerprint density at radius 1 is 1.21 bits per heavy atom. The molecule has 0 aromatic heterocycles. The summed E-state index contributed by atoms with van der Waals surface area (Å²) < 4.78 is 8.83. The molecular formula is C11H22O3. The van der Waals surface area contributed by atoms with E-state index in [1.807, 2.05) is 13.8 Å². The van der Waals surface area contributed by atoms with Gasteiger partial charge in [0.25, 0.3) is 6.47 Å². The van der Waals surface area contributed by atoms with Crippen molar-refractivity contribution in [2.45, 2.75) is 33.1 Å². The van der Waals surface area contributed by atoms with Crippen molar-refractivity contribution in [1.82, 2.24) is 0 Å². The summed E-state index contributed by atoms with van der Waals surface area (Å²) >= 11 is 0. The second-order valence-electron chi connectivity index (χ2n) is 2.36. The zero-order valence-corrected chi connectivity index (χ0v) is 9.49. The molecule has 1 rings (SSSR count). The van der Waals surface area contributed by atoms with Crippen molar-refractivity contribution in [3.63, 3.8) is 0 Å². The molecule has 0 spiro atoms. The molecule has 0 aromatic rings. The van der Waals surface area contributed by atoms with Gasteiger partial charge < -0.3 is 9.47 Å². The van der Waals surface area contributed by atoms with Crippen LogP contribution in [0.15, 0.2) is 12.2 Å². The molecule has 1 aliphatic carbocycles. The lowest BCUT2D eigenvalue weighted by molar-refractivity contribution is -0.129. The molecule has 0 amide bonds. The molecule has 0 aromatic carbocycles. The Kier molecular flexibility index (Phi) is 20.2. The predicted octanol–water partition coefficient (Wildman–Crippen LogP) is 2.56. The van der Waals surface area contributed by atoms with Gasteiger partial charge in [-0.2, -0.15) is 0 Å². The Labute approximate surface area is 87.1 Å². The summed E-state index contributed by atoms with van der Waals surface area (Å²) in [6, 6.07) is 0. The molecule has 84 valence electrons. The number of allylic oxidation sites excluding steroid dienone is 2. The van der Waals surface area contributed by atoms with Crippen molar-refractivity contribution in [3.05, 3.63) is 12.2 Å². The lowest BCUT2D eigenvalue weighted by atomic mass is 10.4. The second-order valence-corrected chi connectivity index (χ2v) is 2.36. The van der Waals surface area contributed by atoms with Crippen molar-refractivity contribution in [1.29, 1.82) is 0 Å². The maximum atomic E-state index is 9.40. The fourth-order valence-corrected chi connectivity index (χ4v) is 0.769. The molecule has 3 heteroatoms. The number of hydrogen-bond acceptors (Lipinski definition) is 3. The molecule has 0 radical (unpaired) electrons. The standard InChI is InChI=1S/C5H8.C4H8O3.C2H6/c1-2-4-5-3-1;1-6-2-3-7-4-5;1-2/h1-2H,3-5H2;4H,2-3H2,1H3;1-2H3. The molecule has 3 nitrogen and oxygen atoms in total. The SMILES string of the molecule is C1=CCCC1.CC.COCCOC=O. The minimum absolute atomic E-state index is 0.347. The third-order valence-electron chi connectivity index (χ3n) is 1.38. The van der Waals surface area contributed by atoms with Gasteiger partial charge >= 0.3 is 0 Å². The van der Waals surface area contributed by atoms with Crippen molar-refractivity contribution < 1.29 is 14.3 Å². The highest BCUT2D eigenvalue weighted by Crippen LogP contribution is 2.05. The number of rotatable bonds is 4. The summed E-state index contributed by atoms with van der Waals surface area (Å²) in [5, 5.41) is 0. The van der Waals surface area contributed by atoms with Gasteiger partial charge in [0, 0.05) is 7.11 Å². The van der Waals surface area contributed by atoms with Crippen molar-refractivity contribution in [3.8, 4) is 0 Å². The van der Waals surface area contributed by atoms with Crippen molar-refractivity contribution in [2.24, 2.45) is 0 Å². The quantitative estimate of drug-likeness (QED) is 0.399. The van der Waals surface area contributed by atoms with E-state index in [9.17, 15) is 4.79 Å². The Morgan fingerprint density at radius 2 is 1.79 bits per heavy atom. The van der Waals surface area contributed by atoms with Crippen LogP contribution in [0.1, 0.15) is 33.1 Å². The molecule has 1 aliphatic rings. The van der Waals surface area contributed by atoms with Gasteiger partial charge in [0.1, 0.15) is 6.61 Å². The lowest BCUT2D eigenvalue weighted by Crippen LogP contribution is -1.98. The normalized spacial score (nSPS) is 11.9. The number of carbonyl (C=O) groups is 1. The second kappa shape index (κ2) is 18.1. The molecule has 0 saturated carbocycles. The summed E-state index contributed by atoms with van der Waals surface area (Å²) in [4.78, 5) is 9.40. The number of carbonyl (C=O) groups excluding carboxylic acids is 1. The topological polar surface area (TPSA) is 35.5 Å². The van der Waals surface area contributed by atoms with Gasteiger partial charge in [0.15, 0.2) is 0 Å². The van der Waals surface area contributed by atoms with Gasteiger partial charge in [0.2, 0.25) is 0 Å². The summed E-state index contributed by atoms with van der Waals surface area (Å²) in [6.45, 7) is 5.22. The first-order valence-electron chi connectivity index (χ1n) is 5.11. The molecule has 0 heterocycles. The minimum atomic E-state index is 0.347. The fraction of sp³-hybridized carbons (Fsp3) is 0.727. The average Bonchev–Trinajstić information content (AvgIpc) is 2.80. The Balaban J connectivity index is 0. The van der Waals surface area contributed by atoms with E-state index in [-0.39, 0.29) is 0 Å². The first-order valence-corrected chi connectivity index (χ1v) is 5.11. The highest BCUT2D eigenvalue weighted by molar-refractivity contribution is 5.36. The molecular weight excluding hydrogens is 180 g/mol. The van der Waals surface area contributed by atoms with Crippen LogP contribution in [0.25, 0.3) is 0 Å². The van der Waals surface area contributed by atoms with E-state index in [1.54, 1.807) is 7.11 Å². The summed E-state index contributed by atoms with van der Waals surface area (Å²) in [7, 11) is 1.55. The largest absolute Gasteiger partial charge is 0.465 e. The average molecular weight is 202 g/mol. The minimum Gasteiger partial charge on any atom is -0.465 e. The van der Waals surface area contributed by atoms with E-state index in [0.29, 0.717) is 19.7 Å². The summed E-state index contributed by atoms with van der Waals surface area (Å²) in [6.07, 6.45) is 8.50. The summed E-state index contributed by atoms with van der Waals surface area (Å²) in [5.41, 5.74) is 0. The first-order chi connectivity index (χ1) is 6.91. The predicted molar refractivity (Wildman–Crippen MR) is 58.2 cm³/mol. The van der Waals surface area contributed by atoms with E-state index >= 15 is 0 Å². The Bertz CT molecular complexity index is 116. The van der Waals surface area contributed by atoms with Crippen molar-refractivity contribution >= 4 is 6.47 Å². The van der Waals surface area contributed by atoms with E-state index in [1.165, 1.54) is 19.3 Å². The molecule has 0 atom stereocenters. The third-order valence-corrected chi connectivity index (χ3v) is 1.38. The zero-order chi connectivity index (χ0) is 11.1. The first kappa shape index (κ1) is 15.6. The maximum Gasteiger partial charge on any atom is 0.293 e. The van der Waals surface area contributed by atoms with Crippen LogP contribution in [-0.2, 0) is 14.3 Å². The van der Waals surface area contributed by atoms with Gasteiger partial charge in [-0.1, -0.05) is 26.0 Å². The number of methoxy groups -OCH3 is 1. The molecule has 0 N–H and O–H groups in total. The fourth-order valence-electron chi connectivity index (χ4n) is 0.769. The molecule has 0 bridgehead atoms. The van der Waals surface area contributed by atoms with Crippen LogP contribution in [0.3, 0.4) is 0 Å². The van der Waals surface area contributed by atoms with Gasteiger partial charge in [-0.3, -0.25) is 4.79 Å². The van der Waals surface area contributed by atoms with Crippen molar-refractivity contribution in [2.75, 3.05) is 20.3 Å². The van der Waals surface area contributed by atoms with Crippen LogP contribution in [0.2, 0.25) is 0 Å². The number of hydrogen-bond donors (Lipinski definition) is 0. The molecule has 0 aliphatic heterocycles. The third kappa shape index (κ3) is 17.3. The van der Waals surface area contributed by atoms with Crippen LogP contribution in [0.5, 0.6) is 0 Å². The van der Waals surface area contributed by atoms with Gasteiger partial charge in [-0.25, -0.2) is 0 Å². The van der Waals surface area contributed by atoms with Crippen LogP contribution < -0.4 is 0 Å². The highest BCUT2D eigenvalue weighted by atomic mass is 16.5. The number of ether oxygens (including phenoxy) is 2. The van der Waals surface area contributed by atoms with E-state index in [2.05, 4.69) is 21.6 Å². The van der Waals surface area contributed by atoms with Gasteiger partial charge in [-0.05, 0) is 19.3 Å². The maximum absolute atomic E-state index is 9.40. The van der Waals surface area contributed by atoms with Crippen LogP contribution >= 0.6 is 0 Å². The lowest BCUT2D eigenvalue weighted by Gasteiger charge is -1.92. The molecule has 0 fully saturated rings. The van der Waals surface area contributed by atoms with E-state index in [4.69, 9.17) is 0 Å². The van der Waals surface area contributed by atoms with E-state index in [0.717, 1.165) is 0 Å². The van der Waals surface area contributed by atoms with Crippen LogP contribution in [0.4, 0.5) is 0 Å². The van der Waals surface area contributed by atoms with Crippen LogP contribution in [-0.4, -0.2) is 26.8 Å². The van der Waals surface area contributed by atoms with Gasteiger partial charge in [-0.15, -0.1) is 0 Å². The highest BCUT2D eigenvalue weighted by Gasteiger charge is 1.84. The Hall–Kier alpha value is -0.830. The molecule has 14 heavy (non-hydrogen) atoms. The van der Waals surface area contributed by atoms with E-state index < -0.39 is 0 Å². The van der Waals surface area contributed by atoms with Gasteiger partial charge in [0.05, 0.1) is 6.61 Å². The van der Waals surface area contributed by atoms with Crippen LogP contribution in [0, 0.1) is 0 Å². The Morgan fingerprint density at radius 3 is 2.07 bits per heavy atom. The monoisotopic (exact) mass is 202 g/mol. The molecule has 0 saturated heterocycles. The zero-order valence-electron chi connectivity index (χ0n) is 9.49. The smallest absolute Gasteiger partial charge is 0.293 e. The molecule has 0 unspecified atom stereocenters.